The number of amides is 3. The third kappa shape index (κ3) is 6.81. The number of imide groups is 1. The molecule has 1 N–H and O–H groups in total. The van der Waals surface area contributed by atoms with Crippen LogP contribution in [0.1, 0.15) is 66.3 Å². The predicted octanol–water partition coefficient (Wildman–Crippen LogP) is 5.63. The van der Waals surface area contributed by atoms with Crippen molar-refractivity contribution in [2.75, 3.05) is 13.1 Å². The van der Waals surface area contributed by atoms with Gasteiger partial charge in [-0.15, -0.1) is 0 Å². The molecule has 0 atom stereocenters. The first-order valence-electron chi connectivity index (χ1n) is 16.1. The summed E-state index contributed by atoms with van der Waals surface area (Å²) in [5.74, 6) is -0.910. The molecule has 49 heavy (non-hydrogen) atoms. The van der Waals surface area contributed by atoms with Crippen molar-refractivity contribution in [2.45, 2.75) is 25.6 Å². The van der Waals surface area contributed by atoms with E-state index in [9.17, 15) is 14.4 Å². The van der Waals surface area contributed by atoms with E-state index in [1.807, 2.05) is 84.9 Å². The van der Waals surface area contributed by atoms with Crippen LogP contribution < -0.4 is 5.32 Å². The van der Waals surface area contributed by atoms with Gasteiger partial charge >= 0.3 is 0 Å². The Morgan fingerprint density at radius 2 is 1.29 bits per heavy atom. The molecule has 0 saturated heterocycles. The third-order valence-electron chi connectivity index (χ3n) is 8.54. The lowest BCUT2D eigenvalue weighted by atomic mass is 9.94. The standard InChI is InChI=1S/C39H33N7O3/c47-37(43-22-9-23-46-38(48)31-13-7-10-27-11-8-14-32(35(27)31)39(46)49)28-17-18-30(44-24-28)26-45(25-29-12-1-4-19-40-29)36(33-15-2-5-20-41-33)34-16-3-6-21-42-34/h1-8,10-21,24,36H,9,22-23,25-26H2,(H,43,47). The Morgan fingerprint density at radius 1 is 0.673 bits per heavy atom. The Bertz CT molecular complexity index is 2000. The SMILES string of the molecule is O=C(NCCCN1C(=O)c2cccc3cccc(c23)C1=O)c1ccc(CN(Cc2ccccn2)C(c2ccccn2)c2ccccn2)nc1. The number of nitrogens with one attached hydrogen (secondary N) is 1. The van der Waals surface area contributed by atoms with Crippen molar-refractivity contribution >= 4 is 28.5 Å². The average Bonchev–Trinajstić information content (AvgIpc) is 3.15. The van der Waals surface area contributed by atoms with Crippen LogP contribution in [0.25, 0.3) is 10.8 Å². The molecule has 0 saturated carbocycles. The van der Waals surface area contributed by atoms with E-state index in [1.165, 1.54) is 4.90 Å². The number of carbonyl (C=O) groups excluding carboxylic acids is 3. The van der Waals surface area contributed by atoms with E-state index in [0.717, 1.165) is 28.2 Å². The van der Waals surface area contributed by atoms with Crippen molar-refractivity contribution < 1.29 is 14.4 Å². The fourth-order valence-electron chi connectivity index (χ4n) is 6.22. The normalized spacial score (nSPS) is 12.6. The van der Waals surface area contributed by atoms with E-state index >= 15 is 0 Å². The topological polar surface area (TPSA) is 121 Å². The molecule has 0 bridgehead atoms. The number of hydrogen-bond donors (Lipinski definition) is 1. The van der Waals surface area contributed by atoms with Gasteiger partial charge in [0.05, 0.1) is 34.4 Å². The van der Waals surface area contributed by atoms with Crippen LogP contribution in [0.2, 0.25) is 0 Å². The Morgan fingerprint density at radius 3 is 1.84 bits per heavy atom. The second-order valence-corrected chi connectivity index (χ2v) is 11.8. The highest BCUT2D eigenvalue weighted by molar-refractivity contribution is 6.25. The molecule has 2 aromatic carbocycles. The van der Waals surface area contributed by atoms with Crippen LogP contribution in [0.15, 0.2) is 128 Å². The molecule has 3 amide bonds. The van der Waals surface area contributed by atoms with Crippen LogP contribution in [0.3, 0.4) is 0 Å². The maximum atomic E-state index is 13.2. The minimum absolute atomic E-state index is 0.194. The summed E-state index contributed by atoms with van der Waals surface area (Å²) < 4.78 is 0. The van der Waals surface area contributed by atoms with Gasteiger partial charge in [0.1, 0.15) is 0 Å². The summed E-state index contributed by atoms with van der Waals surface area (Å²) in [6.45, 7) is 1.45. The monoisotopic (exact) mass is 647 g/mol. The number of nitrogens with zero attached hydrogens (tertiary/aromatic N) is 6. The zero-order valence-electron chi connectivity index (χ0n) is 26.6. The molecule has 4 aromatic heterocycles. The number of carbonyl (C=O) groups is 3. The summed E-state index contributed by atoms with van der Waals surface area (Å²) in [5.41, 5.74) is 4.81. The van der Waals surface area contributed by atoms with E-state index in [2.05, 4.69) is 30.2 Å². The second kappa shape index (κ2) is 14.3. The molecule has 7 rings (SSSR count). The summed E-state index contributed by atoms with van der Waals surface area (Å²) in [6.07, 6.45) is 7.31. The molecule has 10 nitrogen and oxygen atoms in total. The van der Waals surface area contributed by atoms with Crippen LogP contribution >= 0.6 is 0 Å². The molecule has 1 aliphatic rings. The van der Waals surface area contributed by atoms with Crippen molar-refractivity contribution in [1.29, 1.82) is 0 Å². The molecule has 242 valence electrons. The van der Waals surface area contributed by atoms with Gasteiger partial charge < -0.3 is 5.32 Å². The lowest BCUT2D eigenvalue weighted by Gasteiger charge is -2.30. The van der Waals surface area contributed by atoms with Gasteiger partial charge in [0.2, 0.25) is 0 Å². The molecule has 5 heterocycles. The van der Waals surface area contributed by atoms with Crippen LogP contribution in [0, 0.1) is 0 Å². The van der Waals surface area contributed by atoms with Crippen molar-refractivity contribution in [3.05, 3.63) is 167 Å². The quantitative estimate of drug-likeness (QED) is 0.134. The average molecular weight is 648 g/mol. The molecule has 1 aliphatic heterocycles. The van der Waals surface area contributed by atoms with Crippen molar-refractivity contribution in [3.63, 3.8) is 0 Å². The lowest BCUT2D eigenvalue weighted by Crippen LogP contribution is -2.41. The molecule has 0 fully saturated rings. The van der Waals surface area contributed by atoms with Crippen molar-refractivity contribution in [1.82, 2.24) is 35.1 Å². The number of rotatable bonds is 12. The first kappa shape index (κ1) is 31.5. The third-order valence-corrected chi connectivity index (χ3v) is 8.54. The van der Waals surface area contributed by atoms with Crippen LogP contribution in [-0.2, 0) is 13.1 Å². The fraction of sp³-hybridized carbons (Fsp3) is 0.154. The first-order chi connectivity index (χ1) is 24.1. The van der Waals surface area contributed by atoms with Crippen LogP contribution in [0.4, 0.5) is 0 Å². The molecular weight excluding hydrogens is 614 g/mol. The lowest BCUT2D eigenvalue weighted by molar-refractivity contribution is 0.0609. The number of pyridine rings is 4. The second-order valence-electron chi connectivity index (χ2n) is 11.8. The Hall–Kier alpha value is -6.13. The Kier molecular flexibility index (Phi) is 9.20. The summed E-state index contributed by atoms with van der Waals surface area (Å²) in [4.78, 5) is 61.4. The maximum absolute atomic E-state index is 13.2. The Labute approximate surface area is 283 Å². The van der Waals surface area contributed by atoms with Crippen molar-refractivity contribution in [3.8, 4) is 0 Å². The minimum Gasteiger partial charge on any atom is -0.352 e. The molecule has 6 aromatic rings. The summed E-state index contributed by atoms with van der Waals surface area (Å²) >= 11 is 0. The van der Waals surface area contributed by atoms with Gasteiger partial charge in [-0.2, -0.15) is 0 Å². The highest BCUT2D eigenvalue weighted by Gasteiger charge is 2.32. The molecule has 0 aliphatic carbocycles. The smallest absolute Gasteiger partial charge is 0.261 e. The van der Waals surface area contributed by atoms with Gasteiger partial charge in [-0.1, -0.05) is 42.5 Å². The van der Waals surface area contributed by atoms with E-state index in [-0.39, 0.29) is 36.9 Å². The first-order valence-corrected chi connectivity index (χ1v) is 16.1. The summed E-state index contributed by atoms with van der Waals surface area (Å²) in [7, 11) is 0. The molecular formula is C39H33N7O3. The van der Waals surface area contributed by atoms with Gasteiger partial charge in [0, 0.05) is 67.5 Å². The van der Waals surface area contributed by atoms with Gasteiger partial charge in [0.25, 0.3) is 17.7 Å². The Balaban J connectivity index is 1.01. The zero-order valence-corrected chi connectivity index (χ0v) is 26.6. The summed E-state index contributed by atoms with van der Waals surface area (Å²) in [5, 5.41) is 4.46. The molecule has 10 heteroatoms. The number of hydrogen-bond acceptors (Lipinski definition) is 8. The van der Waals surface area contributed by atoms with Crippen LogP contribution in [-0.4, -0.2) is 60.5 Å². The highest BCUT2D eigenvalue weighted by atomic mass is 16.2. The van der Waals surface area contributed by atoms with Gasteiger partial charge in [-0.3, -0.25) is 44.1 Å². The zero-order chi connectivity index (χ0) is 33.6. The van der Waals surface area contributed by atoms with E-state index < -0.39 is 0 Å². The number of aromatic nitrogens is 4. The van der Waals surface area contributed by atoms with Gasteiger partial charge in [0.15, 0.2) is 0 Å². The maximum Gasteiger partial charge on any atom is 0.261 e. The minimum atomic E-state index is -0.314. The van der Waals surface area contributed by atoms with Crippen LogP contribution in [0.5, 0.6) is 0 Å². The molecule has 0 radical (unpaired) electrons. The van der Waals surface area contributed by atoms with Crippen molar-refractivity contribution in [2.24, 2.45) is 0 Å². The van der Waals surface area contributed by atoms with E-state index in [1.54, 1.807) is 43.0 Å². The molecule has 0 spiro atoms. The van der Waals surface area contributed by atoms with Gasteiger partial charge in [-0.05, 0) is 72.5 Å². The van der Waals surface area contributed by atoms with Gasteiger partial charge in [-0.25, -0.2) is 0 Å². The van der Waals surface area contributed by atoms with E-state index in [0.29, 0.717) is 41.6 Å². The predicted molar refractivity (Wildman–Crippen MR) is 184 cm³/mol. The summed E-state index contributed by atoms with van der Waals surface area (Å²) in [6, 6.07) is 31.8. The largest absolute Gasteiger partial charge is 0.352 e. The highest BCUT2D eigenvalue weighted by Crippen LogP contribution is 2.31. The van der Waals surface area contributed by atoms with E-state index in [4.69, 9.17) is 0 Å². The fourth-order valence-corrected chi connectivity index (χ4v) is 6.22. The molecule has 0 unspecified atom stereocenters. The number of benzene rings is 2.